The van der Waals surface area contributed by atoms with Crippen LogP contribution in [-0.2, 0) is 30.8 Å². The topological polar surface area (TPSA) is 9.23 Å². The maximum Gasteiger partial charge on any atom is 0.0725 e. The van der Waals surface area contributed by atoms with Crippen molar-refractivity contribution in [2.75, 3.05) is 0 Å². The molecule has 70 valence electrons. The molecule has 0 atom stereocenters. The van der Waals surface area contributed by atoms with Crippen LogP contribution in [0.4, 0.5) is 0 Å². The highest BCUT2D eigenvalue weighted by Gasteiger charge is 2.13. The third-order valence-corrected chi connectivity index (χ3v) is 2.80. The summed E-state index contributed by atoms with van der Waals surface area (Å²) in [4.78, 5) is 0. The number of rotatable bonds is 2. The van der Waals surface area contributed by atoms with E-state index >= 15 is 0 Å². The summed E-state index contributed by atoms with van der Waals surface area (Å²) in [6.07, 6.45) is 2.27. The normalized spacial score (nSPS) is 14.6. The van der Waals surface area contributed by atoms with Gasteiger partial charge in [-0.3, -0.25) is 0 Å². The fourth-order valence-corrected chi connectivity index (χ4v) is 1.99. The van der Waals surface area contributed by atoms with Crippen LogP contribution < -0.4 is 0 Å². The molecule has 0 aliphatic carbocycles. The molecule has 1 aliphatic heterocycles. The van der Waals surface area contributed by atoms with Crippen molar-refractivity contribution >= 4 is 0 Å². The number of hydrogen-bond donors (Lipinski definition) is 0. The van der Waals surface area contributed by atoms with Gasteiger partial charge in [-0.25, -0.2) is 0 Å². The van der Waals surface area contributed by atoms with Crippen molar-refractivity contribution in [3.05, 3.63) is 34.4 Å². The minimum atomic E-state index is 0.812. The maximum absolute atomic E-state index is 5.41. The summed E-state index contributed by atoms with van der Waals surface area (Å²) in [5.41, 5.74) is 5.78. The Morgan fingerprint density at radius 3 is 1.85 bits per heavy atom. The average Bonchev–Trinajstić information content (AvgIpc) is 2.62. The predicted molar refractivity (Wildman–Crippen MR) is 53.7 cm³/mol. The third-order valence-electron chi connectivity index (χ3n) is 2.80. The molecule has 0 aromatic heterocycles. The van der Waals surface area contributed by atoms with Crippen LogP contribution in [0.5, 0.6) is 0 Å². The molecule has 0 radical (unpaired) electrons. The van der Waals surface area contributed by atoms with Crippen molar-refractivity contribution < 1.29 is 4.74 Å². The largest absolute Gasteiger partial charge is 0.372 e. The van der Waals surface area contributed by atoms with Gasteiger partial charge in [0.1, 0.15) is 0 Å². The van der Waals surface area contributed by atoms with Gasteiger partial charge in [0, 0.05) is 0 Å². The van der Waals surface area contributed by atoms with Gasteiger partial charge in [-0.15, -0.1) is 0 Å². The zero-order valence-electron chi connectivity index (χ0n) is 8.39. The summed E-state index contributed by atoms with van der Waals surface area (Å²) in [7, 11) is 0. The summed E-state index contributed by atoms with van der Waals surface area (Å²) >= 11 is 0. The van der Waals surface area contributed by atoms with Gasteiger partial charge in [-0.2, -0.15) is 0 Å². The van der Waals surface area contributed by atoms with E-state index in [1.807, 2.05) is 0 Å². The molecular formula is C12H16O. The second-order valence-corrected chi connectivity index (χ2v) is 3.59. The van der Waals surface area contributed by atoms with Gasteiger partial charge >= 0.3 is 0 Å². The number of ether oxygens (including phenoxy) is 1. The number of benzene rings is 1. The number of hydrogen-bond acceptors (Lipinski definition) is 1. The molecule has 0 saturated heterocycles. The number of fused-ring (bicyclic) bond motifs is 1. The zero-order valence-corrected chi connectivity index (χ0v) is 8.39. The van der Waals surface area contributed by atoms with Crippen molar-refractivity contribution in [3.63, 3.8) is 0 Å². The van der Waals surface area contributed by atoms with Crippen molar-refractivity contribution in [1.29, 1.82) is 0 Å². The van der Waals surface area contributed by atoms with Crippen molar-refractivity contribution in [3.8, 4) is 0 Å². The molecule has 1 aromatic carbocycles. The first-order valence-electron chi connectivity index (χ1n) is 5.06. The highest BCUT2D eigenvalue weighted by molar-refractivity contribution is 5.39. The minimum Gasteiger partial charge on any atom is -0.372 e. The van der Waals surface area contributed by atoms with E-state index in [0.717, 1.165) is 26.1 Å². The minimum absolute atomic E-state index is 0.812. The first-order chi connectivity index (χ1) is 6.35. The molecule has 0 unspecified atom stereocenters. The Hall–Kier alpha value is -0.820. The molecule has 1 aromatic rings. The summed E-state index contributed by atoms with van der Waals surface area (Å²) in [6.45, 7) is 6.06. The lowest BCUT2D eigenvalue weighted by atomic mass is 9.97. The molecule has 13 heavy (non-hydrogen) atoms. The molecule has 0 bridgehead atoms. The van der Waals surface area contributed by atoms with E-state index in [9.17, 15) is 0 Å². The van der Waals surface area contributed by atoms with E-state index in [2.05, 4.69) is 26.0 Å². The van der Waals surface area contributed by atoms with Gasteiger partial charge in [-0.05, 0) is 35.1 Å². The zero-order chi connectivity index (χ0) is 9.26. The van der Waals surface area contributed by atoms with Crippen LogP contribution in [0.3, 0.4) is 0 Å². The van der Waals surface area contributed by atoms with Crippen LogP contribution in [0.1, 0.15) is 36.1 Å². The summed E-state index contributed by atoms with van der Waals surface area (Å²) in [6, 6.07) is 4.64. The highest BCUT2D eigenvalue weighted by atomic mass is 16.5. The van der Waals surface area contributed by atoms with Gasteiger partial charge in [0.2, 0.25) is 0 Å². The molecule has 0 saturated carbocycles. The molecule has 1 heterocycles. The van der Waals surface area contributed by atoms with Crippen LogP contribution in [0.25, 0.3) is 0 Å². The second-order valence-electron chi connectivity index (χ2n) is 3.59. The van der Waals surface area contributed by atoms with E-state index in [1.165, 1.54) is 22.3 Å². The van der Waals surface area contributed by atoms with Gasteiger partial charge in [0.25, 0.3) is 0 Å². The van der Waals surface area contributed by atoms with E-state index < -0.39 is 0 Å². The highest BCUT2D eigenvalue weighted by Crippen LogP contribution is 2.24. The molecule has 1 aliphatic rings. The Labute approximate surface area is 79.7 Å². The smallest absolute Gasteiger partial charge is 0.0725 e. The van der Waals surface area contributed by atoms with Crippen molar-refractivity contribution in [2.24, 2.45) is 0 Å². The van der Waals surface area contributed by atoms with E-state index in [1.54, 1.807) is 0 Å². The lowest BCUT2D eigenvalue weighted by molar-refractivity contribution is 0.134. The molecule has 0 fully saturated rings. The summed E-state index contributed by atoms with van der Waals surface area (Å²) in [5.74, 6) is 0. The summed E-state index contributed by atoms with van der Waals surface area (Å²) in [5, 5.41) is 0. The van der Waals surface area contributed by atoms with Crippen LogP contribution in [0.15, 0.2) is 12.1 Å². The van der Waals surface area contributed by atoms with Crippen LogP contribution in [-0.4, -0.2) is 0 Å². The first-order valence-corrected chi connectivity index (χ1v) is 5.06. The lowest BCUT2D eigenvalue weighted by Gasteiger charge is -2.08. The fourth-order valence-electron chi connectivity index (χ4n) is 1.99. The van der Waals surface area contributed by atoms with Gasteiger partial charge in [0.05, 0.1) is 13.2 Å². The Morgan fingerprint density at radius 1 is 1.00 bits per heavy atom. The Morgan fingerprint density at radius 2 is 1.46 bits per heavy atom. The summed E-state index contributed by atoms with van der Waals surface area (Å²) < 4.78 is 5.41. The van der Waals surface area contributed by atoms with E-state index in [-0.39, 0.29) is 0 Å². The molecule has 1 heteroatoms. The van der Waals surface area contributed by atoms with Crippen LogP contribution in [0.2, 0.25) is 0 Å². The predicted octanol–water partition coefficient (Wildman–Crippen LogP) is 2.84. The lowest BCUT2D eigenvalue weighted by Crippen LogP contribution is -1.94. The SMILES string of the molecule is CCc1cc2c(cc1CC)COC2. The third kappa shape index (κ3) is 1.49. The van der Waals surface area contributed by atoms with Crippen LogP contribution in [0, 0.1) is 0 Å². The van der Waals surface area contributed by atoms with E-state index in [0.29, 0.717) is 0 Å². The van der Waals surface area contributed by atoms with Gasteiger partial charge in [-0.1, -0.05) is 26.0 Å². The van der Waals surface area contributed by atoms with Gasteiger partial charge < -0.3 is 4.74 Å². The molecule has 2 rings (SSSR count). The van der Waals surface area contributed by atoms with Crippen LogP contribution >= 0.6 is 0 Å². The average molecular weight is 176 g/mol. The molecule has 0 amide bonds. The quantitative estimate of drug-likeness (QED) is 0.673. The number of aryl methyl sites for hydroxylation is 2. The fraction of sp³-hybridized carbons (Fsp3) is 0.500. The monoisotopic (exact) mass is 176 g/mol. The molecule has 0 spiro atoms. The molecular weight excluding hydrogens is 160 g/mol. The first kappa shape index (κ1) is 8.76. The Balaban J connectivity index is 2.47. The van der Waals surface area contributed by atoms with Crippen molar-refractivity contribution in [1.82, 2.24) is 0 Å². The maximum atomic E-state index is 5.41. The second kappa shape index (κ2) is 3.51. The Kier molecular flexibility index (Phi) is 2.36. The Bertz CT molecular complexity index is 284. The van der Waals surface area contributed by atoms with Gasteiger partial charge in [0.15, 0.2) is 0 Å². The molecule has 1 nitrogen and oxygen atoms in total. The molecule has 0 N–H and O–H groups in total. The van der Waals surface area contributed by atoms with E-state index in [4.69, 9.17) is 4.74 Å². The standard InChI is InChI=1S/C12H16O/c1-3-9-5-11-7-13-8-12(11)6-10(9)4-2/h5-6H,3-4,7-8H2,1-2H3. The van der Waals surface area contributed by atoms with Crippen molar-refractivity contribution in [2.45, 2.75) is 39.9 Å².